The van der Waals surface area contributed by atoms with Crippen molar-refractivity contribution in [2.45, 2.75) is 69.7 Å². The largest absolute Gasteiger partial charge is 0.492 e. The molecule has 2 saturated heterocycles. The number of aliphatic hydroxyl groups is 1. The number of hydrogen-bond acceptors (Lipinski definition) is 6. The number of rotatable bonds is 4. The Labute approximate surface area is 189 Å². The maximum absolute atomic E-state index is 13.3. The van der Waals surface area contributed by atoms with Gasteiger partial charge in [0.1, 0.15) is 11.9 Å². The number of ether oxygens (including phenoxy) is 1. The van der Waals surface area contributed by atoms with E-state index in [4.69, 9.17) is 10.5 Å². The molecule has 2 unspecified atom stereocenters. The van der Waals surface area contributed by atoms with Crippen LogP contribution in [0.25, 0.3) is 0 Å². The summed E-state index contributed by atoms with van der Waals surface area (Å²) in [6, 6.07) is 4.94. The van der Waals surface area contributed by atoms with E-state index in [2.05, 4.69) is 36.1 Å². The molecule has 0 saturated carbocycles. The lowest BCUT2D eigenvalue weighted by Gasteiger charge is -2.48. The van der Waals surface area contributed by atoms with Gasteiger partial charge in [0, 0.05) is 25.1 Å². The summed E-state index contributed by atoms with van der Waals surface area (Å²) in [5, 5.41) is 17.7. The first-order chi connectivity index (χ1) is 15.1. The van der Waals surface area contributed by atoms with E-state index in [1.165, 1.54) is 0 Å². The molecule has 5 N–H and O–H groups in total. The molecule has 1 amide bonds. The van der Waals surface area contributed by atoms with Crippen LogP contribution in [-0.4, -0.2) is 65.2 Å². The maximum Gasteiger partial charge on any atom is 0.255 e. The first-order valence-corrected chi connectivity index (χ1v) is 11.4. The molecule has 8 nitrogen and oxygen atoms in total. The number of para-hydroxylation sites is 1. The zero-order chi connectivity index (χ0) is 23.3. The fourth-order valence-corrected chi connectivity index (χ4v) is 5.14. The molecule has 4 rings (SSSR count). The molecular formula is C24H35N5O3. The van der Waals surface area contributed by atoms with Crippen molar-refractivity contribution >= 4 is 11.7 Å². The number of carbonyl (C=O) groups excluding carboxylic acids is 1. The Hall–Kier alpha value is -2.74. The molecule has 0 aromatic heterocycles. The van der Waals surface area contributed by atoms with E-state index in [9.17, 15) is 9.90 Å². The Bertz CT molecular complexity index is 959. The van der Waals surface area contributed by atoms with Crippen molar-refractivity contribution in [2.24, 2.45) is 10.7 Å². The minimum atomic E-state index is -0.847. The van der Waals surface area contributed by atoms with Crippen LogP contribution in [-0.2, 0) is 5.41 Å². The zero-order valence-electron chi connectivity index (χ0n) is 19.4. The van der Waals surface area contributed by atoms with Gasteiger partial charge in [0.05, 0.1) is 41.4 Å². The van der Waals surface area contributed by atoms with Crippen molar-refractivity contribution in [1.82, 2.24) is 15.5 Å². The minimum absolute atomic E-state index is 0.0568. The Kier molecular flexibility index (Phi) is 5.61. The average Bonchev–Trinajstić information content (AvgIpc) is 3.01. The summed E-state index contributed by atoms with van der Waals surface area (Å²) in [5.74, 6) is 1.65. The summed E-state index contributed by atoms with van der Waals surface area (Å²) in [6.45, 7) is 13.9. The molecule has 3 heterocycles. The van der Waals surface area contributed by atoms with E-state index in [1.807, 2.05) is 30.9 Å². The molecular weight excluding hydrogens is 406 g/mol. The van der Waals surface area contributed by atoms with E-state index in [-0.39, 0.29) is 17.4 Å². The molecule has 174 valence electrons. The van der Waals surface area contributed by atoms with Gasteiger partial charge in [0.15, 0.2) is 0 Å². The molecule has 8 heteroatoms. The second-order valence-corrected chi connectivity index (χ2v) is 9.84. The Morgan fingerprint density at radius 1 is 1.44 bits per heavy atom. The van der Waals surface area contributed by atoms with E-state index < -0.39 is 17.7 Å². The van der Waals surface area contributed by atoms with Crippen LogP contribution in [0.15, 0.2) is 35.6 Å². The van der Waals surface area contributed by atoms with Crippen molar-refractivity contribution in [3.63, 3.8) is 0 Å². The van der Waals surface area contributed by atoms with Crippen LogP contribution < -0.4 is 21.1 Å². The molecule has 1 aromatic carbocycles. The van der Waals surface area contributed by atoms with Crippen molar-refractivity contribution < 1.29 is 14.6 Å². The van der Waals surface area contributed by atoms with Crippen LogP contribution in [0.5, 0.6) is 5.75 Å². The average molecular weight is 442 g/mol. The minimum Gasteiger partial charge on any atom is -0.492 e. The number of aliphatic hydroxyl groups excluding tert-OH is 1. The van der Waals surface area contributed by atoms with Crippen LogP contribution in [0.3, 0.4) is 0 Å². The standard InChI is InChI=1S/C24H35N5O3/c1-6-19(25)28-18-12-26-14(2)29-13-17(21(30)24(18,29)5)27-22(31)15-8-7-9-16-20(15)32-11-10-23(16,3)4/h7-9,17-18,21,26,30H,2,6,10-13H2,1,3-5H3,(H2,25,28)(H,27,31)/t17?,18-,21?,24-/m0/s1. The van der Waals surface area contributed by atoms with Crippen LogP contribution >= 0.6 is 0 Å². The van der Waals surface area contributed by atoms with Gasteiger partial charge in [-0.05, 0) is 24.8 Å². The molecule has 3 aliphatic rings. The number of nitrogens with one attached hydrogen (secondary N) is 2. The summed E-state index contributed by atoms with van der Waals surface area (Å²) in [7, 11) is 0. The highest BCUT2D eigenvalue weighted by atomic mass is 16.5. The van der Waals surface area contributed by atoms with E-state index in [1.54, 1.807) is 6.07 Å². The Morgan fingerprint density at radius 2 is 2.19 bits per heavy atom. The van der Waals surface area contributed by atoms with Gasteiger partial charge in [-0.15, -0.1) is 0 Å². The third-order valence-electron chi connectivity index (χ3n) is 7.40. The monoisotopic (exact) mass is 441 g/mol. The number of amidine groups is 1. The van der Waals surface area contributed by atoms with Crippen LogP contribution in [0.4, 0.5) is 0 Å². The molecule has 3 aliphatic heterocycles. The fraction of sp³-hybridized carbons (Fsp3) is 0.583. The van der Waals surface area contributed by atoms with Crippen molar-refractivity contribution in [1.29, 1.82) is 0 Å². The molecule has 0 aliphatic carbocycles. The van der Waals surface area contributed by atoms with Gasteiger partial charge >= 0.3 is 0 Å². The van der Waals surface area contributed by atoms with E-state index in [0.29, 0.717) is 49.1 Å². The summed E-state index contributed by atoms with van der Waals surface area (Å²) in [6.07, 6.45) is 0.692. The van der Waals surface area contributed by atoms with Crippen molar-refractivity contribution in [3.8, 4) is 5.75 Å². The number of benzene rings is 1. The third kappa shape index (κ3) is 3.50. The lowest BCUT2D eigenvalue weighted by Crippen LogP contribution is -2.64. The summed E-state index contributed by atoms with van der Waals surface area (Å²) >= 11 is 0. The number of amides is 1. The fourth-order valence-electron chi connectivity index (χ4n) is 5.14. The van der Waals surface area contributed by atoms with E-state index in [0.717, 1.165) is 12.0 Å². The maximum atomic E-state index is 13.3. The molecule has 2 fully saturated rings. The number of nitrogens with two attached hydrogens (primary N) is 1. The van der Waals surface area contributed by atoms with Gasteiger partial charge in [0.2, 0.25) is 0 Å². The molecule has 0 bridgehead atoms. The molecule has 1 aromatic rings. The Balaban J connectivity index is 1.60. The number of fused-ring (bicyclic) bond motifs is 2. The van der Waals surface area contributed by atoms with Gasteiger partial charge in [-0.1, -0.05) is 39.5 Å². The lowest BCUT2D eigenvalue weighted by atomic mass is 9.79. The molecule has 0 spiro atoms. The SMILES string of the molecule is C=C1NC[C@H](N=C(N)CC)[C@@]2(C)C(O)C(NC(=O)c3cccc4c3OCCC4(C)C)CN12. The van der Waals surface area contributed by atoms with Crippen molar-refractivity contribution in [3.05, 3.63) is 41.7 Å². The smallest absolute Gasteiger partial charge is 0.255 e. The summed E-state index contributed by atoms with van der Waals surface area (Å²) in [4.78, 5) is 20.0. The predicted octanol–water partition coefficient (Wildman–Crippen LogP) is 1.49. The van der Waals surface area contributed by atoms with Gasteiger partial charge in [-0.3, -0.25) is 9.79 Å². The first-order valence-electron chi connectivity index (χ1n) is 11.4. The second-order valence-electron chi connectivity index (χ2n) is 9.84. The highest BCUT2D eigenvalue weighted by Gasteiger charge is 2.57. The number of nitrogens with zero attached hydrogens (tertiary/aromatic N) is 2. The third-order valence-corrected chi connectivity index (χ3v) is 7.40. The second kappa shape index (κ2) is 7.99. The highest BCUT2D eigenvalue weighted by molar-refractivity contribution is 5.98. The first kappa shape index (κ1) is 22.5. The molecule has 0 radical (unpaired) electrons. The molecule has 32 heavy (non-hydrogen) atoms. The summed E-state index contributed by atoms with van der Waals surface area (Å²) in [5.41, 5.74) is 6.77. The quantitative estimate of drug-likeness (QED) is 0.416. The van der Waals surface area contributed by atoms with Gasteiger partial charge in [0.25, 0.3) is 5.91 Å². The highest BCUT2D eigenvalue weighted by Crippen LogP contribution is 2.41. The van der Waals surface area contributed by atoms with Crippen molar-refractivity contribution in [2.75, 3.05) is 19.7 Å². The number of aliphatic imine (C=N–C) groups is 1. The van der Waals surface area contributed by atoms with E-state index >= 15 is 0 Å². The number of hydrogen-bond donors (Lipinski definition) is 4. The number of carbonyl (C=O) groups is 1. The van der Waals surface area contributed by atoms with Crippen LogP contribution in [0.2, 0.25) is 0 Å². The van der Waals surface area contributed by atoms with Crippen LogP contribution in [0, 0.1) is 0 Å². The topological polar surface area (TPSA) is 112 Å². The normalized spacial score (nSPS) is 31.3. The lowest BCUT2D eigenvalue weighted by molar-refractivity contribution is 0.0147. The van der Waals surface area contributed by atoms with Crippen LogP contribution in [0.1, 0.15) is 56.5 Å². The Morgan fingerprint density at radius 3 is 2.91 bits per heavy atom. The summed E-state index contributed by atoms with van der Waals surface area (Å²) < 4.78 is 5.92. The van der Waals surface area contributed by atoms with Gasteiger partial charge in [-0.2, -0.15) is 0 Å². The van der Waals surface area contributed by atoms with Gasteiger partial charge < -0.3 is 31.1 Å². The molecule has 4 atom stereocenters. The zero-order valence-corrected chi connectivity index (χ0v) is 19.4. The predicted molar refractivity (Wildman–Crippen MR) is 125 cm³/mol. The van der Waals surface area contributed by atoms with Gasteiger partial charge in [-0.25, -0.2) is 0 Å².